The van der Waals surface area contributed by atoms with Gasteiger partial charge in [-0.25, -0.2) is 13.4 Å². The molecule has 0 amide bonds. The molecule has 0 spiro atoms. The molecule has 0 saturated carbocycles. The SMILES string of the molecule is O=S1(=O)CCC(CN2CCC3CCN(c4cccc(C(F)(F)F)n4)CC32)CC1. The van der Waals surface area contributed by atoms with Crippen LogP contribution in [0.1, 0.15) is 31.4 Å². The zero-order valence-corrected chi connectivity index (χ0v) is 16.6. The van der Waals surface area contributed by atoms with Crippen molar-refractivity contribution in [3.05, 3.63) is 23.9 Å². The highest BCUT2D eigenvalue weighted by Gasteiger charge is 2.40. The van der Waals surface area contributed by atoms with Crippen LogP contribution in [-0.2, 0) is 16.0 Å². The number of likely N-dealkylation sites (tertiary alicyclic amines) is 1. The van der Waals surface area contributed by atoms with Gasteiger partial charge in [-0.05, 0) is 56.2 Å². The average Bonchev–Trinajstić information content (AvgIpc) is 3.05. The van der Waals surface area contributed by atoms with Gasteiger partial charge in [0.2, 0.25) is 0 Å². The zero-order chi connectivity index (χ0) is 19.9. The quantitative estimate of drug-likeness (QED) is 0.757. The Labute approximate surface area is 163 Å². The molecule has 2 unspecified atom stereocenters. The summed E-state index contributed by atoms with van der Waals surface area (Å²) in [6.07, 6.45) is -0.934. The molecule has 4 rings (SSSR count). The highest BCUT2D eigenvalue weighted by atomic mass is 32.2. The number of sulfone groups is 1. The lowest BCUT2D eigenvalue weighted by atomic mass is 9.91. The number of halogens is 3. The minimum Gasteiger partial charge on any atom is -0.355 e. The lowest BCUT2D eigenvalue weighted by Crippen LogP contribution is -2.50. The summed E-state index contributed by atoms with van der Waals surface area (Å²) in [4.78, 5) is 8.26. The maximum Gasteiger partial charge on any atom is 0.433 e. The number of alkyl halides is 3. The van der Waals surface area contributed by atoms with Crippen molar-refractivity contribution in [3.8, 4) is 0 Å². The summed E-state index contributed by atoms with van der Waals surface area (Å²) in [7, 11) is -2.86. The Hall–Kier alpha value is -1.35. The Morgan fingerprint density at radius 3 is 2.50 bits per heavy atom. The maximum absolute atomic E-state index is 13.0. The molecule has 9 heteroatoms. The van der Waals surface area contributed by atoms with Crippen molar-refractivity contribution in [2.24, 2.45) is 11.8 Å². The zero-order valence-electron chi connectivity index (χ0n) is 15.7. The van der Waals surface area contributed by atoms with Gasteiger partial charge in [-0.2, -0.15) is 13.2 Å². The van der Waals surface area contributed by atoms with Crippen molar-refractivity contribution >= 4 is 15.7 Å². The molecule has 3 aliphatic heterocycles. The van der Waals surface area contributed by atoms with Gasteiger partial charge in [0.15, 0.2) is 0 Å². The van der Waals surface area contributed by atoms with E-state index in [1.54, 1.807) is 6.07 Å². The predicted molar refractivity (Wildman–Crippen MR) is 101 cm³/mol. The summed E-state index contributed by atoms with van der Waals surface area (Å²) < 4.78 is 62.3. The number of piperidine rings is 1. The van der Waals surface area contributed by atoms with Crippen LogP contribution in [0.5, 0.6) is 0 Å². The van der Waals surface area contributed by atoms with Gasteiger partial charge in [-0.1, -0.05) is 6.07 Å². The molecule has 0 aliphatic carbocycles. The maximum atomic E-state index is 13.0. The van der Waals surface area contributed by atoms with Crippen LogP contribution in [0.2, 0.25) is 0 Å². The van der Waals surface area contributed by atoms with Crippen LogP contribution in [0.25, 0.3) is 0 Å². The molecular weight excluding hydrogens is 391 g/mol. The minimum atomic E-state index is -4.44. The second kappa shape index (κ2) is 7.48. The van der Waals surface area contributed by atoms with E-state index in [2.05, 4.69) is 9.88 Å². The number of hydrogen-bond acceptors (Lipinski definition) is 5. The van der Waals surface area contributed by atoms with Gasteiger partial charge in [-0.3, -0.25) is 4.90 Å². The van der Waals surface area contributed by atoms with E-state index in [1.807, 2.05) is 4.90 Å². The van der Waals surface area contributed by atoms with Gasteiger partial charge >= 0.3 is 6.18 Å². The lowest BCUT2D eigenvalue weighted by molar-refractivity contribution is -0.141. The van der Waals surface area contributed by atoms with E-state index < -0.39 is 21.7 Å². The first-order chi connectivity index (χ1) is 13.2. The second-order valence-electron chi connectivity index (χ2n) is 8.32. The summed E-state index contributed by atoms with van der Waals surface area (Å²) in [6.45, 7) is 3.29. The molecule has 5 nitrogen and oxygen atoms in total. The van der Waals surface area contributed by atoms with Crippen molar-refractivity contribution < 1.29 is 21.6 Å². The topological polar surface area (TPSA) is 53.5 Å². The number of rotatable bonds is 3. The number of fused-ring (bicyclic) bond motifs is 1. The van der Waals surface area contributed by atoms with Crippen LogP contribution in [0.4, 0.5) is 19.0 Å². The average molecular weight is 417 g/mol. The first-order valence-corrected chi connectivity index (χ1v) is 11.8. The molecule has 0 bridgehead atoms. The fraction of sp³-hybridized carbons (Fsp3) is 0.737. The molecule has 28 heavy (non-hydrogen) atoms. The van der Waals surface area contributed by atoms with Gasteiger partial charge < -0.3 is 4.90 Å². The molecule has 0 N–H and O–H groups in total. The van der Waals surface area contributed by atoms with Crippen molar-refractivity contribution in [3.63, 3.8) is 0 Å². The molecule has 3 saturated heterocycles. The highest BCUT2D eigenvalue weighted by Crippen LogP contribution is 2.35. The Balaban J connectivity index is 1.42. The smallest absolute Gasteiger partial charge is 0.355 e. The second-order valence-corrected chi connectivity index (χ2v) is 10.6. The molecule has 0 radical (unpaired) electrons. The molecule has 0 aromatic carbocycles. The molecule has 1 aromatic rings. The van der Waals surface area contributed by atoms with E-state index in [0.29, 0.717) is 30.2 Å². The van der Waals surface area contributed by atoms with Crippen LogP contribution >= 0.6 is 0 Å². The van der Waals surface area contributed by atoms with Gasteiger partial charge in [0.05, 0.1) is 11.5 Å². The van der Waals surface area contributed by atoms with Gasteiger partial charge in [-0.15, -0.1) is 0 Å². The van der Waals surface area contributed by atoms with Crippen molar-refractivity contribution in [2.45, 2.75) is 37.9 Å². The molecule has 1 aromatic heterocycles. The molecule has 3 aliphatic rings. The molecule has 4 heterocycles. The van der Waals surface area contributed by atoms with Crippen LogP contribution < -0.4 is 4.90 Å². The van der Waals surface area contributed by atoms with Crippen molar-refractivity contribution in [1.29, 1.82) is 0 Å². The summed E-state index contributed by atoms with van der Waals surface area (Å²) in [5.41, 5.74) is -0.848. The van der Waals surface area contributed by atoms with Gasteiger partial charge in [0.1, 0.15) is 21.3 Å². The minimum absolute atomic E-state index is 0.278. The van der Waals surface area contributed by atoms with E-state index in [1.165, 1.54) is 6.07 Å². The normalized spacial score (nSPS) is 29.0. The van der Waals surface area contributed by atoms with Crippen LogP contribution in [0.3, 0.4) is 0 Å². The first-order valence-electron chi connectivity index (χ1n) is 9.95. The summed E-state index contributed by atoms with van der Waals surface area (Å²) in [5, 5.41) is 0. The Morgan fingerprint density at radius 2 is 1.79 bits per heavy atom. The van der Waals surface area contributed by atoms with E-state index in [4.69, 9.17) is 0 Å². The number of anilines is 1. The Bertz CT molecular complexity index is 801. The third-order valence-corrected chi connectivity index (χ3v) is 8.21. The largest absolute Gasteiger partial charge is 0.433 e. The Morgan fingerprint density at radius 1 is 1.07 bits per heavy atom. The van der Waals surface area contributed by atoms with Crippen LogP contribution in [-0.4, -0.2) is 62.0 Å². The van der Waals surface area contributed by atoms with Gasteiger partial charge in [0, 0.05) is 25.7 Å². The number of pyridine rings is 1. The standard InChI is InChI=1S/C19H26F3N3O2S/c20-19(21,22)17-2-1-3-18(23-17)25-9-5-15-4-8-24(16(15)13-25)12-14-6-10-28(26,27)11-7-14/h1-3,14-16H,4-13H2. The van der Waals surface area contributed by atoms with E-state index in [0.717, 1.165) is 51.4 Å². The van der Waals surface area contributed by atoms with Gasteiger partial charge in [0.25, 0.3) is 0 Å². The van der Waals surface area contributed by atoms with Crippen LogP contribution in [0.15, 0.2) is 18.2 Å². The Kier molecular flexibility index (Phi) is 5.33. The number of hydrogen-bond donors (Lipinski definition) is 0. The summed E-state index contributed by atoms with van der Waals surface area (Å²) >= 11 is 0. The lowest BCUT2D eigenvalue weighted by Gasteiger charge is -2.40. The fourth-order valence-corrected chi connectivity index (χ4v) is 6.46. The summed E-state index contributed by atoms with van der Waals surface area (Å²) in [5.74, 6) is 1.90. The molecule has 3 fully saturated rings. The predicted octanol–water partition coefficient (Wildman–Crippen LogP) is 2.83. The fourth-order valence-electron chi connectivity index (χ4n) is 4.87. The van der Waals surface area contributed by atoms with E-state index in [-0.39, 0.29) is 11.5 Å². The third-order valence-electron chi connectivity index (χ3n) is 6.49. The summed E-state index contributed by atoms with van der Waals surface area (Å²) in [6, 6.07) is 4.39. The highest BCUT2D eigenvalue weighted by molar-refractivity contribution is 7.91. The third kappa shape index (κ3) is 4.30. The monoisotopic (exact) mass is 417 g/mol. The number of aromatic nitrogens is 1. The van der Waals surface area contributed by atoms with E-state index >= 15 is 0 Å². The molecule has 156 valence electrons. The first kappa shape index (κ1) is 19.9. The van der Waals surface area contributed by atoms with Crippen molar-refractivity contribution in [2.75, 3.05) is 42.6 Å². The van der Waals surface area contributed by atoms with E-state index in [9.17, 15) is 21.6 Å². The molecule has 2 atom stereocenters. The molecular formula is C19H26F3N3O2S. The van der Waals surface area contributed by atoms with Crippen molar-refractivity contribution in [1.82, 2.24) is 9.88 Å². The van der Waals surface area contributed by atoms with Crippen LogP contribution in [0, 0.1) is 11.8 Å². The number of nitrogens with zero attached hydrogens (tertiary/aromatic N) is 3.